The van der Waals surface area contributed by atoms with Crippen molar-refractivity contribution in [3.05, 3.63) is 51.7 Å². The average molecular weight is 350 g/mol. The van der Waals surface area contributed by atoms with Crippen LogP contribution >= 0.6 is 23.2 Å². The van der Waals surface area contributed by atoms with Crippen molar-refractivity contribution in [1.29, 1.82) is 5.26 Å². The molecule has 6 nitrogen and oxygen atoms in total. The lowest BCUT2D eigenvalue weighted by molar-refractivity contribution is -0.115. The zero-order chi connectivity index (χ0) is 17.0. The number of nitrogens with zero attached hydrogens (tertiary/aromatic N) is 1. The predicted molar refractivity (Wildman–Crippen MR) is 85.5 cm³/mol. The van der Waals surface area contributed by atoms with Gasteiger partial charge >= 0.3 is 6.03 Å². The molecule has 0 aliphatic carbocycles. The Labute approximate surface area is 141 Å². The number of carbonyl (C=O) groups is 2. The van der Waals surface area contributed by atoms with E-state index in [-0.39, 0.29) is 11.3 Å². The van der Waals surface area contributed by atoms with Crippen LogP contribution in [0.3, 0.4) is 0 Å². The van der Waals surface area contributed by atoms with E-state index >= 15 is 0 Å². The van der Waals surface area contributed by atoms with Crippen LogP contribution in [0.1, 0.15) is 5.76 Å². The van der Waals surface area contributed by atoms with Crippen LogP contribution in [0.25, 0.3) is 17.4 Å². The number of rotatable bonds is 3. The van der Waals surface area contributed by atoms with E-state index in [1.807, 2.05) is 0 Å². The maximum atomic E-state index is 11.6. The SMILES string of the molecule is N#C/C(=C\c1ccc(-c2ccc(Cl)cc2Cl)o1)C(=O)NC(N)=O. The summed E-state index contributed by atoms with van der Waals surface area (Å²) in [6, 6.07) is 8.69. The first-order valence-corrected chi connectivity index (χ1v) is 6.94. The standard InChI is InChI=1S/C15H9Cl2N3O3/c16-9-1-3-11(12(17)6-9)13-4-2-10(23-13)5-8(7-18)14(21)20-15(19)22/h1-6H,(H3,19,20,21,22)/b8-5+. The molecule has 1 heterocycles. The fourth-order valence-corrected chi connectivity index (χ4v) is 2.24. The quantitative estimate of drug-likeness (QED) is 0.653. The van der Waals surface area contributed by atoms with Crippen LogP contribution in [0, 0.1) is 11.3 Å². The van der Waals surface area contributed by atoms with Gasteiger partial charge in [0, 0.05) is 16.7 Å². The second-order valence-corrected chi connectivity index (χ2v) is 5.16. The first kappa shape index (κ1) is 16.6. The molecule has 0 aliphatic rings. The fourth-order valence-electron chi connectivity index (χ4n) is 1.73. The number of nitriles is 1. The maximum Gasteiger partial charge on any atom is 0.319 e. The molecule has 3 N–H and O–H groups in total. The van der Waals surface area contributed by atoms with Gasteiger partial charge in [0.2, 0.25) is 0 Å². The zero-order valence-electron chi connectivity index (χ0n) is 11.5. The van der Waals surface area contributed by atoms with Crippen molar-refractivity contribution in [3.8, 4) is 17.4 Å². The Hall–Kier alpha value is -2.75. The third-order valence-corrected chi connectivity index (χ3v) is 3.26. The molecule has 1 aromatic carbocycles. The number of furan rings is 1. The number of imide groups is 1. The number of halogens is 2. The molecule has 0 fully saturated rings. The molecule has 116 valence electrons. The van der Waals surface area contributed by atoms with Gasteiger partial charge in [-0.25, -0.2) is 4.79 Å². The summed E-state index contributed by atoms with van der Waals surface area (Å²) in [5.74, 6) is -0.241. The van der Waals surface area contributed by atoms with E-state index in [4.69, 9.17) is 38.6 Å². The number of amides is 3. The van der Waals surface area contributed by atoms with Crippen molar-refractivity contribution in [2.24, 2.45) is 5.73 Å². The number of urea groups is 1. The van der Waals surface area contributed by atoms with Gasteiger partial charge in [0.05, 0.1) is 5.02 Å². The molecular formula is C15H9Cl2N3O3. The first-order valence-electron chi connectivity index (χ1n) is 6.18. The number of carbonyl (C=O) groups excluding carboxylic acids is 2. The molecule has 0 bridgehead atoms. The van der Waals surface area contributed by atoms with Gasteiger partial charge in [-0.15, -0.1) is 0 Å². The zero-order valence-corrected chi connectivity index (χ0v) is 13.0. The van der Waals surface area contributed by atoms with Crippen molar-refractivity contribution in [3.63, 3.8) is 0 Å². The molecule has 0 saturated carbocycles. The lowest BCUT2D eigenvalue weighted by Gasteiger charge is -2.01. The highest BCUT2D eigenvalue weighted by atomic mass is 35.5. The fraction of sp³-hybridized carbons (Fsp3) is 0. The van der Waals surface area contributed by atoms with Crippen LogP contribution in [0.5, 0.6) is 0 Å². The van der Waals surface area contributed by atoms with E-state index in [1.165, 1.54) is 6.08 Å². The summed E-state index contributed by atoms with van der Waals surface area (Å²) < 4.78 is 5.53. The average Bonchev–Trinajstić information content (AvgIpc) is 2.92. The van der Waals surface area contributed by atoms with E-state index in [2.05, 4.69) is 0 Å². The van der Waals surface area contributed by atoms with Crippen molar-refractivity contribution in [2.75, 3.05) is 0 Å². The number of benzene rings is 1. The number of primary amides is 1. The van der Waals surface area contributed by atoms with E-state index in [0.29, 0.717) is 21.4 Å². The Balaban J connectivity index is 2.31. The Kier molecular flexibility index (Phi) is 5.06. The molecule has 2 rings (SSSR count). The van der Waals surface area contributed by atoms with Crippen LogP contribution in [-0.4, -0.2) is 11.9 Å². The molecule has 0 saturated heterocycles. The Morgan fingerprint density at radius 1 is 1.26 bits per heavy atom. The normalized spacial score (nSPS) is 10.9. The maximum absolute atomic E-state index is 11.6. The van der Waals surface area contributed by atoms with Gasteiger partial charge in [0.1, 0.15) is 23.2 Å². The molecule has 2 aromatic rings. The van der Waals surface area contributed by atoms with Crippen molar-refractivity contribution < 1.29 is 14.0 Å². The minimum Gasteiger partial charge on any atom is -0.457 e. The van der Waals surface area contributed by atoms with Gasteiger partial charge < -0.3 is 10.2 Å². The molecule has 1 aromatic heterocycles. The summed E-state index contributed by atoms with van der Waals surface area (Å²) in [6.07, 6.45) is 1.19. The summed E-state index contributed by atoms with van der Waals surface area (Å²) in [4.78, 5) is 22.2. The summed E-state index contributed by atoms with van der Waals surface area (Å²) in [6.45, 7) is 0. The first-order chi connectivity index (χ1) is 10.9. The monoisotopic (exact) mass is 349 g/mol. The van der Waals surface area contributed by atoms with Crippen LogP contribution in [0.2, 0.25) is 10.0 Å². The lowest BCUT2D eigenvalue weighted by Crippen LogP contribution is -2.35. The molecule has 0 atom stereocenters. The third-order valence-electron chi connectivity index (χ3n) is 2.71. The summed E-state index contributed by atoms with van der Waals surface area (Å²) in [5.41, 5.74) is 5.11. The molecule has 8 heteroatoms. The van der Waals surface area contributed by atoms with Crippen LogP contribution < -0.4 is 11.1 Å². The number of hydrogen-bond donors (Lipinski definition) is 2. The van der Waals surface area contributed by atoms with Gasteiger partial charge in [-0.3, -0.25) is 10.1 Å². The van der Waals surface area contributed by atoms with E-state index in [0.717, 1.165) is 0 Å². The van der Waals surface area contributed by atoms with Crippen molar-refractivity contribution in [1.82, 2.24) is 5.32 Å². The molecular weight excluding hydrogens is 341 g/mol. The van der Waals surface area contributed by atoms with Crippen LogP contribution in [-0.2, 0) is 4.79 Å². The van der Waals surface area contributed by atoms with Gasteiger partial charge in [0.15, 0.2) is 0 Å². The number of hydrogen-bond acceptors (Lipinski definition) is 4. The van der Waals surface area contributed by atoms with Gasteiger partial charge in [0.25, 0.3) is 5.91 Å². The number of nitrogens with two attached hydrogens (primary N) is 1. The molecule has 0 radical (unpaired) electrons. The summed E-state index contributed by atoms with van der Waals surface area (Å²) in [7, 11) is 0. The molecule has 0 spiro atoms. The second-order valence-electron chi connectivity index (χ2n) is 4.31. The smallest absolute Gasteiger partial charge is 0.319 e. The highest BCUT2D eigenvalue weighted by Crippen LogP contribution is 2.31. The highest BCUT2D eigenvalue weighted by Gasteiger charge is 2.13. The highest BCUT2D eigenvalue weighted by molar-refractivity contribution is 6.36. The largest absolute Gasteiger partial charge is 0.457 e. The Morgan fingerprint density at radius 2 is 2.00 bits per heavy atom. The Bertz CT molecular complexity index is 850. The molecule has 0 aliphatic heterocycles. The molecule has 23 heavy (non-hydrogen) atoms. The van der Waals surface area contributed by atoms with E-state index in [1.54, 1.807) is 41.7 Å². The van der Waals surface area contributed by atoms with Crippen molar-refractivity contribution >= 4 is 41.2 Å². The topological polar surface area (TPSA) is 109 Å². The van der Waals surface area contributed by atoms with Crippen LogP contribution in [0.4, 0.5) is 4.79 Å². The second kappa shape index (κ2) is 7.01. The Morgan fingerprint density at radius 3 is 2.61 bits per heavy atom. The third kappa shape index (κ3) is 4.13. The lowest BCUT2D eigenvalue weighted by atomic mass is 10.2. The summed E-state index contributed by atoms with van der Waals surface area (Å²) >= 11 is 11.9. The van der Waals surface area contributed by atoms with Gasteiger partial charge in [-0.2, -0.15) is 5.26 Å². The number of nitrogens with one attached hydrogen (secondary N) is 1. The van der Waals surface area contributed by atoms with Gasteiger partial charge in [-0.1, -0.05) is 23.2 Å². The van der Waals surface area contributed by atoms with Gasteiger partial charge in [-0.05, 0) is 30.3 Å². The predicted octanol–water partition coefficient (Wildman–Crippen LogP) is 3.36. The molecule has 0 unspecified atom stereocenters. The molecule has 3 amide bonds. The van der Waals surface area contributed by atoms with Crippen molar-refractivity contribution in [2.45, 2.75) is 0 Å². The summed E-state index contributed by atoms with van der Waals surface area (Å²) in [5, 5.41) is 11.6. The van der Waals surface area contributed by atoms with Crippen LogP contribution in [0.15, 0.2) is 40.3 Å². The van der Waals surface area contributed by atoms with E-state index < -0.39 is 11.9 Å². The minimum atomic E-state index is -1.05. The minimum absolute atomic E-state index is 0.238. The van der Waals surface area contributed by atoms with E-state index in [9.17, 15) is 9.59 Å².